The van der Waals surface area contributed by atoms with Gasteiger partial charge in [-0.3, -0.25) is 0 Å². The molecule has 0 spiro atoms. The van der Waals surface area contributed by atoms with Crippen molar-refractivity contribution < 1.29 is 5.11 Å². The van der Waals surface area contributed by atoms with E-state index in [2.05, 4.69) is 28.7 Å². The molecule has 0 saturated heterocycles. The maximum atomic E-state index is 9.47. The predicted molar refractivity (Wildman–Crippen MR) is 63.2 cm³/mol. The number of rotatable bonds is 6. The molecule has 2 unspecified atom stereocenters. The SMILES string of the molecule is CCC(C)NC(CO)c1cncn1C1CC1. The number of hydrogen-bond donors (Lipinski definition) is 2. The zero-order valence-electron chi connectivity index (χ0n) is 10.1. The molecule has 0 aliphatic heterocycles. The van der Waals surface area contributed by atoms with Gasteiger partial charge in [-0.25, -0.2) is 4.98 Å². The molecule has 0 aromatic carbocycles. The molecule has 16 heavy (non-hydrogen) atoms. The summed E-state index contributed by atoms with van der Waals surface area (Å²) >= 11 is 0. The lowest BCUT2D eigenvalue weighted by molar-refractivity contribution is 0.228. The number of aliphatic hydroxyl groups is 1. The van der Waals surface area contributed by atoms with Crippen molar-refractivity contribution in [3.05, 3.63) is 18.2 Å². The maximum absolute atomic E-state index is 9.47. The van der Waals surface area contributed by atoms with Crippen molar-refractivity contribution in [3.63, 3.8) is 0 Å². The molecule has 4 nitrogen and oxygen atoms in total. The molecule has 1 heterocycles. The molecule has 2 N–H and O–H groups in total. The Morgan fingerprint density at radius 2 is 2.38 bits per heavy atom. The molecule has 1 fully saturated rings. The topological polar surface area (TPSA) is 50.1 Å². The molecule has 1 aromatic heterocycles. The fourth-order valence-electron chi connectivity index (χ4n) is 1.94. The Bertz CT molecular complexity index is 333. The van der Waals surface area contributed by atoms with E-state index < -0.39 is 0 Å². The third kappa shape index (κ3) is 2.44. The molecule has 2 atom stereocenters. The standard InChI is InChI=1S/C12H21N3O/c1-3-9(2)14-11(7-16)12-6-13-8-15(12)10-4-5-10/h6,8-11,14,16H,3-5,7H2,1-2H3. The predicted octanol–water partition coefficient (Wildman–Crippen LogP) is 1.64. The highest BCUT2D eigenvalue weighted by Gasteiger charge is 2.27. The van der Waals surface area contributed by atoms with Gasteiger partial charge in [0.1, 0.15) is 0 Å². The third-order valence-corrected chi connectivity index (χ3v) is 3.27. The van der Waals surface area contributed by atoms with E-state index in [1.54, 1.807) is 0 Å². The smallest absolute Gasteiger partial charge is 0.0951 e. The Kier molecular flexibility index (Phi) is 3.61. The van der Waals surface area contributed by atoms with Crippen LogP contribution in [0.4, 0.5) is 0 Å². The van der Waals surface area contributed by atoms with E-state index in [-0.39, 0.29) is 12.6 Å². The molecule has 0 radical (unpaired) electrons. The number of nitrogens with zero attached hydrogens (tertiary/aromatic N) is 2. The van der Waals surface area contributed by atoms with Crippen molar-refractivity contribution >= 4 is 0 Å². The Balaban J connectivity index is 2.09. The molecule has 1 saturated carbocycles. The second-order valence-electron chi connectivity index (χ2n) is 4.67. The van der Waals surface area contributed by atoms with Gasteiger partial charge in [-0.2, -0.15) is 0 Å². The number of aliphatic hydroxyl groups excluding tert-OH is 1. The van der Waals surface area contributed by atoms with Gasteiger partial charge in [-0.15, -0.1) is 0 Å². The molecule has 90 valence electrons. The monoisotopic (exact) mass is 223 g/mol. The molecule has 2 rings (SSSR count). The molecule has 4 heteroatoms. The summed E-state index contributed by atoms with van der Waals surface area (Å²) in [5.41, 5.74) is 1.12. The third-order valence-electron chi connectivity index (χ3n) is 3.27. The van der Waals surface area contributed by atoms with Gasteiger partial charge in [0.2, 0.25) is 0 Å². The van der Waals surface area contributed by atoms with Gasteiger partial charge in [0.05, 0.1) is 24.7 Å². The van der Waals surface area contributed by atoms with E-state index >= 15 is 0 Å². The van der Waals surface area contributed by atoms with Gasteiger partial charge < -0.3 is 15.0 Å². The van der Waals surface area contributed by atoms with E-state index in [0.717, 1.165) is 12.1 Å². The van der Waals surface area contributed by atoms with Crippen LogP contribution in [0.15, 0.2) is 12.5 Å². The summed E-state index contributed by atoms with van der Waals surface area (Å²) in [4.78, 5) is 4.20. The van der Waals surface area contributed by atoms with Gasteiger partial charge in [-0.1, -0.05) is 6.92 Å². The van der Waals surface area contributed by atoms with Crippen LogP contribution in [0.5, 0.6) is 0 Å². The Hall–Kier alpha value is -0.870. The number of aromatic nitrogens is 2. The number of hydrogen-bond acceptors (Lipinski definition) is 3. The summed E-state index contributed by atoms with van der Waals surface area (Å²) in [7, 11) is 0. The second-order valence-corrected chi connectivity index (χ2v) is 4.67. The fourth-order valence-corrected chi connectivity index (χ4v) is 1.94. The molecule has 1 aliphatic rings. The summed E-state index contributed by atoms with van der Waals surface area (Å²) in [6, 6.07) is 1.04. The van der Waals surface area contributed by atoms with E-state index in [1.807, 2.05) is 12.5 Å². The minimum atomic E-state index is 0.0121. The van der Waals surface area contributed by atoms with Crippen LogP contribution in [0.1, 0.15) is 50.9 Å². The van der Waals surface area contributed by atoms with E-state index in [1.165, 1.54) is 12.8 Å². The van der Waals surface area contributed by atoms with E-state index in [0.29, 0.717) is 12.1 Å². The van der Waals surface area contributed by atoms with Gasteiger partial charge in [0.15, 0.2) is 0 Å². The molecular formula is C12H21N3O. The molecule has 0 amide bonds. The quantitative estimate of drug-likeness (QED) is 0.771. The highest BCUT2D eigenvalue weighted by molar-refractivity contribution is 5.09. The number of imidazole rings is 1. The van der Waals surface area contributed by atoms with Crippen LogP contribution >= 0.6 is 0 Å². The fraction of sp³-hybridized carbons (Fsp3) is 0.750. The normalized spacial score (nSPS) is 19.7. The Morgan fingerprint density at radius 3 is 2.94 bits per heavy atom. The summed E-state index contributed by atoms with van der Waals surface area (Å²) < 4.78 is 2.20. The second kappa shape index (κ2) is 4.97. The summed E-state index contributed by atoms with van der Waals surface area (Å²) in [6.07, 6.45) is 7.30. The van der Waals surface area contributed by atoms with Crippen LogP contribution < -0.4 is 5.32 Å². The number of nitrogens with one attached hydrogen (secondary N) is 1. The van der Waals surface area contributed by atoms with Gasteiger partial charge in [0, 0.05) is 18.3 Å². The first-order chi connectivity index (χ1) is 7.76. The minimum Gasteiger partial charge on any atom is -0.394 e. The van der Waals surface area contributed by atoms with Gasteiger partial charge in [0.25, 0.3) is 0 Å². The average Bonchev–Trinajstić information content (AvgIpc) is 3.04. The average molecular weight is 223 g/mol. The van der Waals surface area contributed by atoms with Crippen LogP contribution in [0.2, 0.25) is 0 Å². The van der Waals surface area contributed by atoms with Crippen molar-refractivity contribution in [2.45, 2.75) is 51.2 Å². The summed E-state index contributed by atoms with van der Waals surface area (Å²) in [6.45, 7) is 4.41. The van der Waals surface area contributed by atoms with E-state index in [4.69, 9.17) is 0 Å². The Morgan fingerprint density at radius 1 is 1.62 bits per heavy atom. The first-order valence-corrected chi connectivity index (χ1v) is 6.14. The minimum absolute atomic E-state index is 0.0121. The summed E-state index contributed by atoms with van der Waals surface area (Å²) in [5, 5.41) is 12.9. The van der Waals surface area contributed by atoms with E-state index in [9.17, 15) is 5.11 Å². The van der Waals surface area contributed by atoms with Crippen LogP contribution in [-0.4, -0.2) is 27.3 Å². The molecular weight excluding hydrogens is 202 g/mol. The van der Waals surface area contributed by atoms with Crippen LogP contribution in [0, 0.1) is 0 Å². The Labute approximate surface area is 96.7 Å². The highest BCUT2D eigenvalue weighted by atomic mass is 16.3. The van der Waals surface area contributed by atoms with Crippen LogP contribution in [0.3, 0.4) is 0 Å². The van der Waals surface area contributed by atoms with Crippen LogP contribution in [-0.2, 0) is 0 Å². The largest absolute Gasteiger partial charge is 0.394 e. The van der Waals surface area contributed by atoms with Crippen molar-refractivity contribution in [2.24, 2.45) is 0 Å². The zero-order chi connectivity index (χ0) is 11.5. The maximum Gasteiger partial charge on any atom is 0.0951 e. The molecule has 1 aromatic rings. The van der Waals surface area contributed by atoms with Crippen molar-refractivity contribution in [2.75, 3.05) is 6.61 Å². The first-order valence-electron chi connectivity index (χ1n) is 6.14. The molecule has 0 bridgehead atoms. The van der Waals surface area contributed by atoms with Crippen LogP contribution in [0.25, 0.3) is 0 Å². The van der Waals surface area contributed by atoms with Crippen molar-refractivity contribution in [1.29, 1.82) is 0 Å². The van der Waals surface area contributed by atoms with Gasteiger partial charge >= 0.3 is 0 Å². The zero-order valence-corrected chi connectivity index (χ0v) is 10.1. The highest BCUT2D eigenvalue weighted by Crippen LogP contribution is 2.36. The molecule has 1 aliphatic carbocycles. The lowest BCUT2D eigenvalue weighted by atomic mass is 10.1. The van der Waals surface area contributed by atoms with Crippen molar-refractivity contribution in [3.8, 4) is 0 Å². The lowest BCUT2D eigenvalue weighted by Gasteiger charge is -2.22. The van der Waals surface area contributed by atoms with Gasteiger partial charge in [-0.05, 0) is 26.2 Å². The van der Waals surface area contributed by atoms with Crippen molar-refractivity contribution in [1.82, 2.24) is 14.9 Å². The lowest BCUT2D eigenvalue weighted by Crippen LogP contribution is -2.33. The first kappa shape index (κ1) is 11.6. The summed E-state index contributed by atoms with van der Waals surface area (Å²) in [5.74, 6) is 0.